The zero-order valence-electron chi connectivity index (χ0n) is 17.6. The van der Waals surface area contributed by atoms with Crippen molar-refractivity contribution in [3.63, 3.8) is 0 Å². The van der Waals surface area contributed by atoms with E-state index in [0.717, 1.165) is 10.0 Å². The molecule has 0 fully saturated rings. The van der Waals surface area contributed by atoms with Crippen molar-refractivity contribution in [3.8, 4) is 17.6 Å². The normalized spacial score (nSPS) is 10.9. The molecule has 0 spiro atoms. The van der Waals surface area contributed by atoms with Crippen molar-refractivity contribution in [1.29, 1.82) is 5.26 Å². The van der Waals surface area contributed by atoms with Crippen LogP contribution in [0.25, 0.3) is 6.08 Å². The van der Waals surface area contributed by atoms with E-state index in [4.69, 9.17) is 32.7 Å². The van der Waals surface area contributed by atoms with Crippen LogP contribution in [0, 0.1) is 11.3 Å². The number of halogens is 3. The molecule has 0 aliphatic rings. The Morgan fingerprint density at radius 2 is 1.85 bits per heavy atom. The minimum absolute atomic E-state index is 0.0783. The molecule has 3 aromatic carbocycles. The molecule has 0 heterocycles. The number of nitrogens with zero attached hydrogens (tertiary/aromatic N) is 1. The van der Waals surface area contributed by atoms with Crippen LogP contribution in [0.15, 0.2) is 70.7 Å². The predicted molar refractivity (Wildman–Crippen MR) is 135 cm³/mol. The van der Waals surface area contributed by atoms with Crippen LogP contribution < -0.4 is 14.8 Å². The number of ether oxygens (including phenoxy) is 2. The molecule has 0 atom stereocenters. The number of hydrogen-bond donors (Lipinski definition) is 1. The highest BCUT2D eigenvalue weighted by Crippen LogP contribution is 2.31. The average Bonchev–Trinajstić information content (AvgIpc) is 2.80. The fraction of sp³-hybridized carbons (Fsp3) is 0.120. The molecule has 0 aliphatic heterocycles. The van der Waals surface area contributed by atoms with Crippen LogP contribution in [0.1, 0.15) is 18.1 Å². The third kappa shape index (κ3) is 6.75. The predicted octanol–water partition coefficient (Wildman–Crippen LogP) is 7.28. The van der Waals surface area contributed by atoms with Crippen LogP contribution in [0.4, 0.5) is 5.69 Å². The molecule has 0 aliphatic carbocycles. The van der Waals surface area contributed by atoms with Crippen molar-refractivity contribution in [3.05, 3.63) is 91.9 Å². The SMILES string of the molecule is CCOc1cc(/C=C(\C#N)C(=O)Nc2ccc(Cl)c(Cl)c2)ccc1OCc1ccccc1Br. The zero-order chi connectivity index (χ0) is 23.8. The molecule has 3 rings (SSSR count). The second-order valence-electron chi connectivity index (χ2n) is 6.77. The summed E-state index contributed by atoms with van der Waals surface area (Å²) < 4.78 is 12.6. The number of benzene rings is 3. The maximum Gasteiger partial charge on any atom is 0.266 e. The number of anilines is 1. The van der Waals surface area contributed by atoms with Gasteiger partial charge in [-0.2, -0.15) is 5.26 Å². The minimum Gasteiger partial charge on any atom is -0.490 e. The number of rotatable bonds is 8. The van der Waals surface area contributed by atoms with Gasteiger partial charge in [0.15, 0.2) is 11.5 Å². The van der Waals surface area contributed by atoms with E-state index in [-0.39, 0.29) is 5.57 Å². The van der Waals surface area contributed by atoms with E-state index < -0.39 is 5.91 Å². The summed E-state index contributed by atoms with van der Waals surface area (Å²) >= 11 is 15.4. The van der Waals surface area contributed by atoms with Gasteiger partial charge in [-0.05, 0) is 55.0 Å². The van der Waals surface area contributed by atoms with Crippen molar-refractivity contribution in [1.82, 2.24) is 0 Å². The average molecular weight is 546 g/mol. The molecule has 0 unspecified atom stereocenters. The molecule has 0 saturated heterocycles. The monoisotopic (exact) mass is 544 g/mol. The lowest BCUT2D eigenvalue weighted by molar-refractivity contribution is -0.112. The third-order valence-electron chi connectivity index (χ3n) is 4.46. The number of nitrogens with one attached hydrogen (secondary N) is 1. The Morgan fingerprint density at radius 1 is 1.06 bits per heavy atom. The quantitative estimate of drug-likeness (QED) is 0.238. The van der Waals surface area contributed by atoms with Crippen LogP contribution in [0.5, 0.6) is 11.5 Å². The van der Waals surface area contributed by atoms with Gasteiger partial charge in [-0.25, -0.2) is 0 Å². The van der Waals surface area contributed by atoms with Crippen molar-refractivity contribution < 1.29 is 14.3 Å². The number of amides is 1. The van der Waals surface area contributed by atoms with Gasteiger partial charge >= 0.3 is 0 Å². The van der Waals surface area contributed by atoms with Gasteiger partial charge in [-0.3, -0.25) is 4.79 Å². The Bertz CT molecular complexity index is 1240. The van der Waals surface area contributed by atoms with E-state index >= 15 is 0 Å². The van der Waals surface area contributed by atoms with Crippen molar-refractivity contribution in [2.24, 2.45) is 0 Å². The molecule has 0 aromatic heterocycles. The van der Waals surface area contributed by atoms with Gasteiger partial charge < -0.3 is 14.8 Å². The zero-order valence-corrected chi connectivity index (χ0v) is 20.7. The van der Waals surface area contributed by atoms with Gasteiger partial charge in [-0.1, -0.05) is 63.4 Å². The maximum absolute atomic E-state index is 12.6. The highest BCUT2D eigenvalue weighted by atomic mass is 79.9. The van der Waals surface area contributed by atoms with Crippen LogP contribution in [0.3, 0.4) is 0 Å². The molecule has 0 radical (unpaired) electrons. The molecule has 0 saturated carbocycles. The van der Waals surface area contributed by atoms with E-state index in [1.807, 2.05) is 37.3 Å². The Balaban J connectivity index is 1.79. The second-order valence-corrected chi connectivity index (χ2v) is 8.44. The first kappa shape index (κ1) is 24.7. The van der Waals surface area contributed by atoms with E-state index in [1.54, 1.807) is 30.3 Å². The molecule has 0 bridgehead atoms. The first-order chi connectivity index (χ1) is 15.9. The van der Waals surface area contributed by atoms with Crippen LogP contribution >= 0.6 is 39.1 Å². The van der Waals surface area contributed by atoms with Crippen LogP contribution in [-0.2, 0) is 11.4 Å². The molecule has 5 nitrogen and oxygen atoms in total. The number of hydrogen-bond acceptors (Lipinski definition) is 4. The van der Waals surface area contributed by atoms with Crippen molar-refractivity contribution >= 4 is 56.8 Å². The summed E-state index contributed by atoms with van der Waals surface area (Å²) in [6, 6.07) is 19.6. The lowest BCUT2D eigenvalue weighted by Gasteiger charge is -2.13. The lowest BCUT2D eigenvalue weighted by Crippen LogP contribution is -2.13. The molecule has 33 heavy (non-hydrogen) atoms. The van der Waals surface area contributed by atoms with E-state index in [9.17, 15) is 10.1 Å². The fourth-order valence-corrected chi connectivity index (χ4v) is 3.56. The summed E-state index contributed by atoms with van der Waals surface area (Å²) in [5, 5.41) is 12.8. The largest absolute Gasteiger partial charge is 0.490 e. The first-order valence-corrected chi connectivity index (χ1v) is 11.5. The molecular formula is C25H19BrCl2N2O3. The van der Waals surface area contributed by atoms with Gasteiger partial charge in [-0.15, -0.1) is 0 Å². The topological polar surface area (TPSA) is 71.3 Å². The Labute approximate surface area is 210 Å². The highest BCUT2D eigenvalue weighted by molar-refractivity contribution is 9.10. The van der Waals surface area contributed by atoms with E-state index in [2.05, 4.69) is 21.2 Å². The van der Waals surface area contributed by atoms with Crippen molar-refractivity contribution in [2.75, 3.05) is 11.9 Å². The van der Waals surface area contributed by atoms with E-state index in [0.29, 0.717) is 46.0 Å². The minimum atomic E-state index is -0.567. The lowest BCUT2D eigenvalue weighted by atomic mass is 10.1. The standard InChI is InChI=1S/C25H19BrCl2N2O3/c1-2-32-24-12-16(7-10-23(24)33-15-17-5-3-4-6-20(17)26)11-18(14-29)25(31)30-19-8-9-21(27)22(28)13-19/h3-13H,2,15H2,1H3,(H,30,31)/b18-11+. The molecule has 168 valence electrons. The fourth-order valence-electron chi connectivity index (χ4n) is 2.86. The first-order valence-electron chi connectivity index (χ1n) is 9.92. The molecule has 8 heteroatoms. The number of carbonyl (C=O) groups excluding carboxylic acids is 1. The molecular weight excluding hydrogens is 527 g/mol. The number of carbonyl (C=O) groups is 1. The summed E-state index contributed by atoms with van der Waals surface area (Å²) in [6.07, 6.45) is 1.48. The number of nitriles is 1. The van der Waals surface area contributed by atoms with Crippen LogP contribution in [-0.4, -0.2) is 12.5 Å². The molecule has 1 amide bonds. The van der Waals surface area contributed by atoms with Crippen LogP contribution in [0.2, 0.25) is 10.0 Å². The Morgan fingerprint density at radius 3 is 2.55 bits per heavy atom. The smallest absolute Gasteiger partial charge is 0.266 e. The van der Waals surface area contributed by atoms with Gasteiger partial charge in [0.05, 0.1) is 16.7 Å². The van der Waals surface area contributed by atoms with Crippen molar-refractivity contribution in [2.45, 2.75) is 13.5 Å². The summed E-state index contributed by atoms with van der Waals surface area (Å²) in [7, 11) is 0. The summed E-state index contributed by atoms with van der Waals surface area (Å²) in [4.78, 5) is 12.6. The van der Waals surface area contributed by atoms with Gasteiger partial charge in [0.1, 0.15) is 18.2 Å². The Hall–Kier alpha value is -2.98. The summed E-state index contributed by atoms with van der Waals surface area (Å²) in [6.45, 7) is 2.65. The second kappa shape index (κ2) is 11.8. The molecule has 1 N–H and O–H groups in total. The summed E-state index contributed by atoms with van der Waals surface area (Å²) in [5.41, 5.74) is 1.97. The summed E-state index contributed by atoms with van der Waals surface area (Å²) in [5.74, 6) is 0.507. The Kier molecular flexibility index (Phi) is 8.79. The van der Waals surface area contributed by atoms with Gasteiger partial charge in [0, 0.05) is 15.7 Å². The van der Waals surface area contributed by atoms with Gasteiger partial charge in [0.25, 0.3) is 5.91 Å². The maximum atomic E-state index is 12.6. The highest BCUT2D eigenvalue weighted by Gasteiger charge is 2.13. The van der Waals surface area contributed by atoms with E-state index in [1.165, 1.54) is 12.1 Å². The third-order valence-corrected chi connectivity index (χ3v) is 5.97. The van der Waals surface area contributed by atoms with Gasteiger partial charge in [0.2, 0.25) is 0 Å². The molecule has 3 aromatic rings.